The number of hydrogen-bond donors (Lipinski definition) is 1. The van der Waals surface area contributed by atoms with Crippen molar-refractivity contribution in [2.45, 2.75) is 31.7 Å². The van der Waals surface area contributed by atoms with Crippen LogP contribution in [0.4, 0.5) is 5.69 Å². The van der Waals surface area contributed by atoms with Crippen molar-refractivity contribution in [1.29, 1.82) is 0 Å². The monoisotopic (exact) mass is 223 g/mol. The molecule has 1 atom stereocenters. The van der Waals surface area contributed by atoms with Gasteiger partial charge in [-0.05, 0) is 37.1 Å². The van der Waals surface area contributed by atoms with Crippen LogP contribution >= 0.6 is 11.6 Å². The van der Waals surface area contributed by atoms with E-state index in [1.165, 1.54) is 0 Å². The molecule has 0 radical (unpaired) electrons. The molecule has 0 spiro atoms. The molecule has 15 heavy (non-hydrogen) atoms. The van der Waals surface area contributed by atoms with Crippen LogP contribution in [0.5, 0.6) is 0 Å². The molecule has 3 heteroatoms. The molecule has 2 rings (SSSR count). The van der Waals surface area contributed by atoms with Crippen molar-refractivity contribution in [3.63, 3.8) is 0 Å². The summed E-state index contributed by atoms with van der Waals surface area (Å²) in [5.41, 5.74) is 0.972. The number of carbonyl (C=O) groups is 1. The third-order valence-electron chi connectivity index (χ3n) is 2.74. The summed E-state index contributed by atoms with van der Waals surface area (Å²) in [6.07, 6.45) is 3.83. The molecule has 0 bridgehead atoms. The molecule has 0 unspecified atom stereocenters. The summed E-state index contributed by atoms with van der Waals surface area (Å²) in [6.45, 7) is 0. The molecule has 1 aliphatic carbocycles. The van der Waals surface area contributed by atoms with Crippen molar-refractivity contribution in [2.24, 2.45) is 0 Å². The summed E-state index contributed by atoms with van der Waals surface area (Å²) >= 11 is 5.79. The van der Waals surface area contributed by atoms with Crippen LogP contribution < -0.4 is 5.32 Å². The highest BCUT2D eigenvalue weighted by molar-refractivity contribution is 6.30. The summed E-state index contributed by atoms with van der Waals surface area (Å²) < 4.78 is 0. The molecular weight excluding hydrogens is 210 g/mol. The summed E-state index contributed by atoms with van der Waals surface area (Å²) in [6, 6.07) is 7.47. The van der Waals surface area contributed by atoms with Gasteiger partial charge in [0.1, 0.15) is 0 Å². The van der Waals surface area contributed by atoms with Gasteiger partial charge in [0, 0.05) is 17.1 Å². The molecule has 1 N–H and O–H groups in total. The van der Waals surface area contributed by atoms with Gasteiger partial charge in [0.05, 0.1) is 6.04 Å². The van der Waals surface area contributed by atoms with Gasteiger partial charge in [0.2, 0.25) is 0 Å². The second-order valence-corrected chi connectivity index (χ2v) is 4.35. The minimum Gasteiger partial charge on any atom is -0.375 e. The van der Waals surface area contributed by atoms with E-state index in [4.69, 9.17) is 11.6 Å². The molecule has 2 nitrogen and oxygen atoms in total. The molecule has 0 aromatic heterocycles. The second kappa shape index (κ2) is 4.67. The standard InChI is InChI=1S/C12H14ClNO/c13-9-5-7-10(8-6-9)14-11-3-1-2-4-12(11)15/h5-8,11,14H,1-4H2/t11-/m1/s1. The van der Waals surface area contributed by atoms with E-state index in [1.54, 1.807) is 0 Å². The number of rotatable bonds is 2. The zero-order valence-corrected chi connectivity index (χ0v) is 9.26. The van der Waals surface area contributed by atoms with Crippen LogP contribution in [-0.2, 0) is 4.79 Å². The molecule has 1 aromatic rings. The van der Waals surface area contributed by atoms with Crippen LogP contribution in [-0.4, -0.2) is 11.8 Å². The minimum atomic E-state index is -0.0000690. The summed E-state index contributed by atoms with van der Waals surface area (Å²) in [7, 11) is 0. The first kappa shape index (κ1) is 10.5. The topological polar surface area (TPSA) is 29.1 Å². The highest BCUT2D eigenvalue weighted by atomic mass is 35.5. The molecule has 1 saturated carbocycles. The summed E-state index contributed by atoms with van der Waals surface area (Å²) in [4.78, 5) is 11.6. The predicted molar refractivity (Wildman–Crippen MR) is 62.3 cm³/mol. The Morgan fingerprint density at radius 2 is 1.93 bits per heavy atom. The first-order valence-corrected chi connectivity index (χ1v) is 5.68. The normalized spacial score (nSPS) is 21.4. The Morgan fingerprint density at radius 3 is 2.60 bits per heavy atom. The fourth-order valence-electron chi connectivity index (χ4n) is 1.88. The number of nitrogens with one attached hydrogen (secondary N) is 1. The van der Waals surface area contributed by atoms with Gasteiger partial charge >= 0.3 is 0 Å². The maximum atomic E-state index is 11.6. The molecule has 1 aromatic carbocycles. The summed E-state index contributed by atoms with van der Waals surface area (Å²) in [5, 5.41) is 3.97. The number of benzene rings is 1. The van der Waals surface area contributed by atoms with E-state index < -0.39 is 0 Å². The Balaban J connectivity index is 2.01. The van der Waals surface area contributed by atoms with Gasteiger partial charge in [-0.2, -0.15) is 0 Å². The zero-order chi connectivity index (χ0) is 10.7. The fourth-order valence-corrected chi connectivity index (χ4v) is 2.01. The van der Waals surface area contributed by atoms with Gasteiger partial charge in [-0.1, -0.05) is 18.0 Å². The van der Waals surface area contributed by atoms with Crippen LogP contribution in [0.1, 0.15) is 25.7 Å². The molecule has 80 valence electrons. The zero-order valence-electron chi connectivity index (χ0n) is 8.50. The molecule has 0 aliphatic heterocycles. The first-order valence-electron chi connectivity index (χ1n) is 5.30. The van der Waals surface area contributed by atoms with E-state index >= 15 is 0 Å². The van der Waals surface area contributed by atoms with Crippen LogP contribution in [0.2, 0.25) is 5.02 Å². The SMILES string of the molecule is O=C1CCCC[C@H]1Nc1ccc(Cl)cc1. The highest BCUT2D eigenvalue weighted by Gasteiger charge is 2.21. The van der Waals surface area contributed by atoms with Crippen molar-refractivity contribution in [1.82, 2.24) is 0 Å². The van der Waals surface area contributed by atoms with Crippen molar-refractivity contribution in [2.75, 3.05) is 5.32 Å². The number of Topliss-reactive ketones (excluding diaryl/α,β-unsaturated/α-hetero) is 1. The number of anilines is 1. The van der Waals surface area contributed by atoms with Gasteiger partial charge in [0.15, 0.2) is 5.78 Å². The first-order chi connectivity index (χ1) is 7.25. The maximum Gasteiger partial charge on any atom is 0.155 e. The number of ketones is 1. The smallest absolute Gasteiger partial charge is 0.155 e. The third-order valence-corrected chi connectivity index (χ3v) is 2.99. The van der Waals surface area contributed by atoms with Gasteiger partial charge in [-0.3, -0.25) is 4.79 Å². The Labute approximate surface area is 94.6 Å². The Hall–Kier alpha value is -1.02. The van der Waals surface area contributed by atoms with E-state index in [0.29, 0.717) is 12.2 Å². The predicted octanol–water partition coefficient (Wildman–Crippen LogP) is 3.26. The molecule has 1 aliphatic rings. The van der Waals surface area contributed by atoms with Crippen LogP contribution in [0, 0.1) is 0 Å². The number of halogens is 1. The van der Waals surface area contributed by atoms with Gasteiger partial charge in [-0.25, -0.2) is 0 Å². The molecule has 0 amide bonds. The summed E-state index contributed by atoms with van der Waals surface area (Å²) in [5.74, 6) is 0.330. The molecular formula is C12H14ClNO. The quantitative estimate of drug-likeness (QED) is 0.834. The van der Waals surface area contributed by atoms with Crippen LogP contribution in [0.15, 0.2) is 24.3 Å². The van der Waals surface area contributed by atoms with Crippen LogP contribution in [0.3, 0.4) is 0 Å². The highest BCUT2D eigenvalue weighted by Crippen LogP contribution is 2.20. The second-order valence-electron chi connectivity index (χ2n) is 3.92. The van der Waals surface area contributed by atoms with E-state index in [1.807, 2.05) is 24.3 Å². The number of carbonyl (C=O) groups excluding carboxylic acids is 1. The molecule has 0 saturated heterocycles. The van der Waals surface area contributed by atoms with E-state index in [0.717, 1.165) is 30.0 Å². The molecule has 1 fully saturated rings. The lowest BCUT2D eigenvalue weighted by molar-refractivity contribution is -0.121. The van der Waals surface area contributed by atoms with Crippen molar-refractivity contribution in [3.05, 3.63) is 29.3 Å². The maximum absolute atomic E-state index is 11.6. The lowest BCUT2D eigenvalue weighted by Gasteiger charge is -2.22. The van der Waals surface area contributed by atoms with Crippen molar-refractivity contribution < 1.29 is 4.79 Å². The van der Waals surface area contributed by atoms with E-state index in [2.05, 4.69) is 5.32 Å². The van der Waals surface area contributed by atoms with Crippen LogP contribution in [0.25, 0.3) is 0 Å². The Bertz CT molecular complexity index is 347. The minimum absolute atomic E-state index is 0.0000690. The van der Waals surface area contributed by atoms with Crippen molar-refractivity contribution in [3.8, 4) is 0 Å². The third kappa shape index (κ3) is 2.72. The lowest BCUT2D eigenvalue weighted by Crippen LogP contribution is -2.32. The largest absolute Gasteiger partial charge is 0.375 e. The average molecular weight is 224 g/mol. The van der Waals surface area contributed by atoms with E-state index in [-0.39, 0.29) is 6.04 Å². The van der Waals surface area contributed by atoms with Gasteiger partial charge in [0.25, 0.3) is 0 Å². The molecule has 0 heterocycles. The average Bonchev–Trinajstić information content (AvgIpc) is 2.25. The van der Waals surface area contributed by atoms with Gasteiger partial charge in [-0.15, -0.1) is 0 Å². The Kier molecular flexibility index (Phi) is 3.27. The number of hydrogen-bond acceptors (Lipinski definition) is 2. The Morgan fingerprint density at radius 1 is 1.20 bits per heavy atom. The fraction of sp³-hybridized carbons (Fsp3) is 0.417. The van der Waals surface area contributed by atoms with E-state index in [9.17, 15) is 4.79 Å². The van der Waals surface area contributed by atoms with Crippen molar-refractivity contribution >= 4 is 23.1 Å². The van der Waals surface area contributed by atoms with Gasteiger partial charge < -0.3 is 5.32 Å². The lowest BCUT2D eigenvalue weighted by atomic mass is 9.94.